The highest BCUT2D eigenvalue weighted by molar-refractivity contribution is 6.32. The summed E-state index contributed by atoms with van der Waals surface area (Å²) >= 11 is 6.28. The Kier molecular flexibility index (Phi) is 7.89. The molecule has 0 fully saturated rings. The van der Waals surface area contributed by atoms with Gasteiger partial charge in [0.15, 0.2) is 11.5 Å². The molecule has 1 atom stereocenters. The first-order valence-electron chi connectivity index (χ1n) is 11.3. The van der Waals surface area contributed by atoms with Crippen LogP contribution in [0.15, 0.2) is 49.2 Å². The van der Waals surface area contributed by atoms with Crippen LogP contribution in [-0.4, -0.2) is 79.3 Å². The largest absolute Gasteiger partial charge is 0.461 e. The third kappa shape index (κ3) is 5.98. The first kappa shape index (κ1) is 25.9. The first-order chi connectivity index (χ1) is 17.7. The molecule has 0 aromatic carbocycles. The van der Waals surface area contributed by atoms with Gasteiger partial charge in [-0.2, -0.15) is 9.78 Å². The van der Waals surface area contributed by atoms with Crippen LogP contribution in [0.5, 0.6) is 5.88 Å². The molecule has 37 heavy (non-hydrogen) atoms. The fourth-order valence-electron chi connectivity index (χ4n) is 3.24. The van der Waals surface area contributed by atoms with Gasteiger partial charge < -0.3 is 19.7 Å². The number of hydrogen-bond acceptors (Lipinski definition) is 9. The second-order valence-corrected chi connectivity index (χ2v) is 8.80. The number of hydrogen-bond donors (Lipinski definition) is 1. The molecule has 0 saturated heterocycles. The normalized spacial score (nSPS) is 11.9. The highest BCUT2D eigenvalue weighted by Gasteiger charge is 2.25. The Balaban J connectivity index is 1.58. The van der Waals surface area contributed by atoms with Gasteiger partial charge in [-0.1, -0.05) is 11.6 Å². The number of rotatable bonds is 9. The molecule has 4 rings (SSSR count). The van der Waals surface area contributed by atoms with Crippen LogP contribution in [0.2, 0.25) is 5.02 Å². The third-order valence-corrected chi connectivity index (χ3v) is 5.36. The van der Waals surface area contributed by atoms with Gasteiger partial charge in [-0.15, -0.1) is 0 Å². The second kappa shape index (κ2) is 11.3. The average Bonchev–Trinajstić information content (AvgIpc) is 3.31. The molecule has 192 valence electrons. The number of nitrogens with one attached hydrogen (secondary N) is 1. The Hall–Kier alpha value is -4.16. The van der Waals surface area contributed by atoms with Crippen molar-refractivity contribution in [2.24, 2.45) is 0 Å². The molecular formula is C24H25ClN8O4. The van der Waals surface area contributed by atoms with E-state index < -0.39 is 12.0 Å². The molecule has 13 heteroatoms. The van der Waals surface area contributed by atoms with Crippen molar-refractivity contribution in [3.05, 3.63) is 59.8 Å². The monoisotopic (exact) mass is 524 g/mol. The summed E-state index contributed by atoms with van der Waals surface area (Å²) in [6.07, 6.45) is 4.57. The van der Waals surface area contributed by atoms with Gasteiger partial charge in [0.25, 0.3) is 11.8 Å². The van der Waals surface area contributed by atoms with Gasteiger partial charge in [0, 0.05) is 26.5 Å². The Morgan fingerprint density at radius 2 is 1.92 bits per heavy atom. The fourth-order valence-corrected chi connectivity index (χ4v) is 3.44. The maximum Gasteiger partial charge on any atom is 0.269 e. The Labute approximate surface area is 217 Å². The number of carbonyl (C=O) groups excluding carboxylic acids is 2. The molecule has 0 aliphatic heterocycles. The van der Waals surface area contributed by atoms with Crippen molar-refractivity contribution < 1.29 is 19.1 Å². The molecule has 0 saturated carbocycles. The summed E-state index contributed by atoms with van der Waals surface area (Å²) < 4.78 is 13.1. The van der Waals surface area contributed by atoms with Crippen LogP contribution in [0, 0.1) is 0 Å². The molecule has 4 heterocycles. The number of amides is 2. The minimum atomic E-state index is -1.08. The van der Waals surface area contributed by atoms with Crippen LogP contribution in [0.25, 0.3) is 16.9 Å². The standard InChI is InChI=1S/C24H25ClN8O4/c1-14(2)36-12-18(22(34)31-19-8-7-15(10-27-19)24(35)32(3)4)37-23-16-11-30-33(20(16)28-13-29-23)21-17(25)6-5-9-26-21/h5-11,13-14,18H,12H2,1-4H3,(H,27,31,34). The smallest absolute Gasteiger partial charge is 0.269 e. The van der Waals surface area contributed by atoms with E-state index in [1.54, 1.807) is 44.6 Å². The topological polar surface area (TPSA) is 137 Å². The van der Waals surface area contributed by atoms with Crippen LogP contribution in [0.1, 0.15) is 24.2 Å². The number of ether oxygens (including phenoxy) is 2. The maximum absolute atomic E-state index is 13.1. The van der Waals surface area contributed by atoms with Crippen molar-refractivity contribution in [3.63, 3.8) is 0 Å². The number of nitrogens with zero attached hydrogens (tertiary/aromatic N) is 7. The van der Waals surface area contributed by atoms with Crippen LogP contribution in [0.3, 0.4) is 0 Å². The molecule has 0 aliphatic rings. The van der Waals surface area contributed by atoms with E-state index in [0.29, 0.717) is 27.4 Å². The van der Waals surface area contributed by atoms with E-state index in [-0.39, 0.29) is 30.3 Å². The minimum absolute atomic E-state index is 0.0492. The number of aromatic nitrogens is 6. The van der Waals surface area contributed by atoms with E-state index in [1.165, 1.54) is 28.3 Å². The second-order valence-electron chi connectivity index (χ2n) is 8.39. The Morgan fingerprint density at radius 3 is 2.59 bits per heavy atom. The molecule has 12 nitrogen and oxygen atoms in total. The summed E-state index contributed by atoms with van der Waals surface area (Å²) in [6.45, 7) is 3.65. The number of anilines is 1. The molecule has 2 amide bonds. The van der Waals surface area contributed by atoms with E-state index in [4.69, 9.17) is 21.1 Å². The van der Waals surface area contributed by atoms with Crippen molar-refractivity contribution in [1.82, 2.24) is 34.6 Å². The fraction of sp³-hybridized carbons (Fsp3) is 0.292. The van der Waals surface area contributed by atoms with Gasteiger partial charge in [0.05, 0.1) is 29.5 Å². The molecular weight excluding hydrogens is 500 g/mol. The number of carbonyl (C=O) groups is 2. The first-order valence-corrected chi connectivity index (χ1v) is 11.7. The molecule has 4 aromatic heterocycles. The van der Waals surface area contributed by atoms with Gasteiger partial charge in [-0.05, 0) is 38.1 Å². The average molecular weight is 525 g/mol. The summed E-state index contributed by atoms with van der Waals surface area (Å²) in [5, 5.41) is 7.87. The van der Waals surface area contributed by atoms with E-state index in [9.17, 15) is 9.59 Å². The molecule has 0 radical (unpaired) electrons. The predicted molar refractivity (Wildman–Crippen MR) is 136 cm³/mol. The zero-order valence-corrected chi connectivity index (χ0v) is 21.4. The molecule has 0 bridgehead atoms. The quantitative estimate of drug-likeness (QED) is 0.350. The van der Waals surface area contributed by atoms with Gasteiger partial charge in [-0.3, -0.25) is 9.59 Å². The van der Waals surface area contributed by atoms with Crippen LogP contribution < -0.4 is 10.1 Å². The van der Waals surface area contributed by atoms with E-state index >= 15 is 0 Å². The third-order valence-electron chi connectivity index (χ3n) is 5.06. The lowest BCUT2D eigenvalue weighted by Gasteiger charge is -2.19. The van der Waals surface area contributed by atoms with Crippen LogP contribution >= 0.6 is 11.6 Å². The molecule has 1 N–H and O–H groups in total. The minimum Gasteiger partial charge on any atom is -0.461 e. The molecule has 0 aliphatic carbocycles. The lowest BCUT2D eigenvalue weighted by Crippen LogP contribution is -2.38. The zero-order valence-electron chi connectivity index (χ0n) is 20.6. The Bertz CT molecular complexity index is 1410. The lowest BCUT2D eigenvalue weighted by molar-refractivity contribution is -0.126. The van der Waals surface area contributed by atoms with Gasteiger partial charge in [0.2, 0.25) is 12.0 Å². The number of halogens is 1. The van der Waals surface area contributed by atoms with Crippen molar-refractivity contribution in [1.29, 1.82) is 0 Å². The number of pyridine rings is 2. The highest BCUT2D eigenvalue weighted by atomic mass is 35.5. The summed E-state index contributed by atoms with van der Waals surface area (Å²) in [7, 11) is 3.29. The highest BCUT2D eigenvalue weighted by Crippen LogP contribution is 2.26. The molecule has 0 spiro atoms. The van der Waals surface area contributed by atoms with E-state index in [0.717, 1.165) is 0 Å². The van der Waals surface area contributed by atoms with Crippen LogP contribution in [0.4, 0.5) is 5.82 Å². The SMILES string of the molecule is CC(C)OCC(Oc1ncnc2c1cnn2-c1ncccc1Cl)C(=O)Nc1ccc(C(=O)N(C)C)cn1. The summed E-state index contributed by atoms with van der Waals surface area (Å²) in [4.78, 5) is 43.6. The number of fused-ring (bicyclic) bond motifs is 1. The lowest BCUT2D eigenvalue weighted by atomic mass is 10.2. The summed E-state index contributed by atoms with van der Waals surface area (Å²) in [5.41, 5.74) is 0.796. The van der Waals surface area contributed by atoms with Gasteiger partial charge in [0.1, 0.15) is 17.5 Å². The van der Waals surface area contributed by atoms with Crippen molar-refractivity contribution in [2.75, 3.05) is 26.0 Å². The van der Waals surface area contributed by atoms with Crippen molar-refractivity contribution >= 4 is 40.3 Å². The van der Waals surface area contributed by atoms with Gasteiger partial charge >= 0.3 is 0 Å². The van der Waals surface area contributed by atoms with Crippen LogP contribution in [-0.2, 0) is 9.53 Å². The summed E-state index contributed by atoms with van der Waals surface area (Å²) in [5.74, 6) is 0.0760. The molecule has 4 aromatic rings. The molecule has 1 unspecified atom stereocenters. The predicted octanol–water partition coefficient (Wildman–Crippen LogP) is 2.77. The maximum atomic E-state index is 13.1. The van der Waals surface area contributed by atoms with E-state index in [2.05, 4.69) is 30.4 Å². The zero-order chi connectivity index (χ0) is 26.5. The van der Waals surface area contributed by atoms with Gasteiger partial charge in [-0.25, -0.2) is 19.9 Å². The Morgan fingerprint density at radius 1 is 1.11 bits per heavy atom. The van der Waals surface area contributed by atoms with E-state index in [1.807, 2.05) is 13.8 Å². The summed E-state index contributed by atoms with van der Waals surface area (Å²) in [6, 6.07) is 6.52. The van der Waals surface area contributed by atoms with Crippen molar-refractivity contribution in [3.8, 4) is 11.7 Å². The van der Waals surface area contributed by atoms with Crippen molar-refractivity contribution in [2.45, 2.75) is 26.1 Å².